The van der Waals surface area contributed by atoms with Gasteiger partial charge in [0.15, 0.2) is 0 Å². The lowest BCUT2D eigenvalue weighted by Crippen LogP contribution is -2.26. The molecule has 3 heteroatoms. The summed E-state index contributed by atoms with van der Waals surface area (Å²) in [7, 11) is 0. The van der Waals surface area contributed by atoms with E-state index in [4.69, 9.17) is 4.74 Å². The van der Waals surface area contributed by atoms with Gasteiger partial charge in [0.2, 0.25) is 0 Å². The van der Waals surface area contributed by atoms with Gasteiger partial charge < -0.3 is 10.1 Å². The van der Waals surface area contributed by atoms with E-state index in [1.165, 1.54) is 6.07 Å². The van der Waals surface area contributed by atoms with E-state index in [0.717, 1.165) is 13.0 Å². The Morgan fingerprint density at radius 1 is 1.29 bits per heavy atom. The smallest absolute Gasteiger partial charge is 0.129 e. The van der Waals surface area contributed by atoms with Crippen LogP contribution in [0.4, 0.5) is 4.39 Å². The van der Waals surface area contributed by atoms with Gasteiger partial charge in [-0.3, -0.25) is 0 Å². The summed E-state index contributed by atoms with van der Waals surface area (Å²) >= 11 is 0. The molecule has 0 amide bonds. The molecule has 0 radical (unpaired) electrons. The van der Waals surface area contributed by atoms with Crippen LogP contribution >= 0.6 is 0 Å². The molecular weight excluding hydrogens is 217 g/mol. The lowest BCUT2D eigenvalue weighted by Gasteiger charge is -2.21. The highest BCUT2D eigenvalue weighted by Crippen LogP contribution is 2.21. The summed E-state index contributed by atoms with van der Waals surface area (Å²) in [5, 5.41) is 3.27. The Morgan fingerprint density at radius 2 is 2.00 bits per heavy atom. The molecule has 0 fully saturated rings. The van der Waals surface area contributed by atoms with Crippen LogP contribution in [0, 0.1) is 5.82 Å². The highest BCUT2D eigenvalue weighted by atomic mass is 19.1. The minimum absolute atomic E-state index is 0.0861. The van der Waals surface area contributed by atoms with E-state index in [1.54, 1.807) is 12.1 Å². The molecule has 1 aromatic rings. The van der Waals surface area contributed by atoms with Gasteiger partial charge in [0.1, 0.15) is 5.82 Å². The molecule has 1 unspecified atom stereocenters. The third kappa shape index (κ3) is 4.84. The van der Waals surface area contributed by atoms with Gasteiger partial charge in [0, 0.05) is 12.1 Å². The molecule has 0 saturated carbocycles. The maximum atomic E-state index is 13.7. The summed E-state index contributed by atoms with van der Waals surface area (Å²) in [4.78, 5) is 0. The summed E-state index contributed by atoms with van der Waals surface area (Å²) in [5.41, 5.74) is 0.629. The van der Waals surface area contributed by atoms with Gasteiger partial charge in [-0.15, -0.1) is 0 Å². The first-order chi connectivity index (χ1) is 8.15. The third-order valence-electron chi connectivity index (χ3n) is 2.45. The maximum Gasteiger partial charge on any atom is 0.129 e. The van der Waals surface area contributed by atoms with E-state index in [2.05, 4.69) is 12.2 Å². The second-order valence-corrected chi connectivity index (χ2v) is 4.40. The molecule has 0 aliphatic heterocycles. The Labute approximate surface area is 103 Å². The number of benzene rings is 1. The molecule has 96 valence electrons. The van der Waals surface area contributed by atoms with Crippen molar-refractivity contribution in [3.05, 3.63) is 35.6 Å². The van der Waals surface area contributed by atoms with Crippen LogP contribution in [-0.4, -0.2) is 19.2 Å². The first kappa shape index (κ1) is 14.1. The second kappa shape index (κ2) is 7.41. The van der Waals surface area contributed by atoms with Gasteiger partial charge in [-0.05, 0) is 32.9 Å². The molecule has 1 rings (SSSR count). The van der Waals surface area contributed by atoms with Crippen molar-refractivity contribution in [2.75, 3.05) is 13.1 Å². The molecule has 2 nitrogen and oxygen atoms in total. The van der Waals surface area contributed by atoms with Crippen LogP contribution in [0.25, 0.3) is 0 Å². The molecule has 0 aliphatic rings. The summed E-state index contributed by atoms with van der Waals surface area (Å²) in [5.74, 6) is -0.198. The molecule has 1 aromatic carbocycles. The number of halogens is 1. The zero-order chi connectivity index (χ0) is 12.7. The Morgan fingerprint density at radius 3 is 2.59 bits per heavy atom. The molecule has 1 N–H and O–H groups in total. The molecule has 1 atom stereocenters. The van der Waals surface area contributed by atoms with Crippen molar-refractivity contribution in [1.82, 2.24) is 5.32 Å². The summed E-state index contributed by atoms with van der Waals surface area (Å²) < 4.78 is 19.5. The van der Waals surface area contributed by atoms with Crippen LogP contribution in [0.5, 0.6) is 0 Å². The topological polar surface area (TPSA) is 21.3 Å². The van der Waals surface area contributed by atoms with Crippen molar-refractivity contribution in [2.45, 2.75) is 39.4 Å². The van der Waals surface area contributed by atoms with E-state index in [1.807, 2.05) is 19.9 Å². The summed E-state index contributed by atoms with van der Waals surface area (Å²) in [6, 6.07) is 6.81. The standard InChI is InChI=1S/C14H22FNO/c1-4-9-16-10-14(17-11(2)3)12-7-5-6-8-13(12)15/h5-8,11,14,16H,4,9-10H2,1-3H3. The minimum atomic E-state index is -0.220. The molecule has 0 bridgehead atoms. The average molecular weight is 239 g/mol. The quantitative estimate of drug-likeness (QED) is 0.737. The Hall–Kier alpha value is -0.930. The fraction of sp³-hybridized carbons (Fsp3) is 0.571. The first-order valence-corrected chi connectivity index (χ1v) is 6.25. The molecule has 0 heterocycles. The van der Waals surface area contributed by atoms with Gasteiger partial charge in [-0.25, -0.2) is 4.39 Å². The Balaban J connectivity index is 2.71. The summed E-state index contributed by atoms with van der Waals surface area (Å²) in [6.07, 6.45) is 0.928. The highest BCUT2D eigenvalue weighted by Gasteiger charge is 2.16. The van der Waals surface area contributed by atoms with Gasteiger partial charge in [-0.1, -0.05) is 25.1 Å². The van der Waals surface area contributed by atoms with Crippen molar-refractivity contribution in [3.63, 3.8) is 0 Å². The predicted molar refractivity (Wildman–Crippen MR) is 68.5 cm³/mol. The number of rotatable bonds is 7. The number of ether oxygens (including phenoxy) is 1. The molecule has 0 aromatic heterocycles. The largest absolute Gasteiger partial charge is 0.369 e. The van der Waals surface area contributed by atoms with Crippen molar-refractivity contribution in [1.29, 1.82) is 0 Å². The minimum Gasteiger partial charge on any atom is -0.369 e. The van der Waals surface area contributed by atoms with Crippen LogP contribution in [0.1, 0.15) is 38.9 Å². The van der Waals surface area contributed by atoms with Gasteiger partial charge in [0.05, 0.1) is 12.2 Å². The number of hydrogen-bond acceptors (Lipinski definition) is 2. The van der Waals surface area contributed by atoms with Gasteiger partial charge >= 0.3 is 0 Å². The number of hydrogen-bond donors (Lipinski definition) is 1. The lowest BCUT2D eigenvalue weighted by molar-refractivity contribution is 0.00537. The molecule has 0 saturated heterocycles. The Kier molecular flexibility index (Phi) is 6.16. The zero-order valence-corrected chi connectivity index (χ0v) is 10.9. The third-order valence-corrected chi connectivity index (χ3v) is 2.45. The monoisotopic (exact) mass is 239 g/mol. The maximum absolute atomic E-state index is 13.7. The fourth-order valence-corrected chi connectivity index (χ4v) is 1.71. The molecule has 0 spiro atoms. The highest BCUT2D eigenvalue weighted by molar-refractivity contribution is 5.20. The van der Waals surface area contributed by atoms with Crippen LogP contribution in [-0.2, 0) is 4.74 Å². The first-order valence-electron chi connectivity index (χ1n) is 6.25. The fourth-order valence-electron chi connectivity index (χ4n) is 1.71. The predicted octanol–water partition coefficient (Wildman–Crippen LogP) is 3.29. The van der Waals surface area contributed by atoms with Gasteiger partial charge in [0.25, 0.3) is 0 Å². The van der Waals surface area contributed by atoms with Crippen LogP contribution in [0.3, 0.4) is 0 Å². The molecular formula is C14H22FNO. The van der Waals surface area contributed by atoms with Crippen molar-refractivity contribution in [2.24, 2.45) is 0 Å². The van der Waals surface area contributed by atoms with Gasteiger partial charge in [-0.2, -0.15) is 0 Å². The van der Waals surface area contributed by atoms with E-state index < -0.39 is 0 Å². The Bertz CT molecular complexity index is 328. The van der Waals surface area contributed by atoms with Crippen molar-refractivity contribution >= 4 is 0 Å². The number of nitrogens with one attached hydrogen (secondary N) is 1. The van der Waals surface area contributed by atoms with E-state index in [-0.39, 0.29) is 18.0 Å². The molecule has 17 heavy (non-hydrogen) atoms. The summed E-state index contributed by atoms with van der Waals surface area (Å²) in [6.45, 7) is 7.61. The normalized spacial score (nSPS) is 13.0. The van der Waals surface area contributed by atoms with E-state index >= 15 is 0 Å². The van der Waals surface area contributed by atoms with Crippen LogP contribution in [0.15, 0.2) is 24.3 Å². The lowest BCUT2D eigenvalue weighted by atomic mass is 10.1. The molecule has 0 aliphatic carbocycles. The van der Waals surface area contributed by atoms with Crippen molar-refractivity contribution < 1.29 is 9.13 Å². The van der Waals surface area contributed by atoms with Crippen LogP contribution < -0.4 is 5.32 Å². The average Bonchev–Trinajstić information content (AvgIpc) is 2.28. The van der Waals surface area contributed by atoms with E-state index in [9.17, 15) is 4.39 Å². The second-order valence-electron chi connectivity index (χ2n) is 4.40. The van der Waals surface area contributed by atoms with Crippen LogP contribution in [0.2, 0.25) is 0 Å². The van der Waals surface area contributed by atoms with Crippen molar-refractivity contribution in [3.8, 4) is 0 Å². The zero-order valence-electron chi connectivity index (χ0n) is 10.9. The SMILES string of the molecule is CCCNCC(OC(C)C)c1ccccc1F. The van der Waals surface area contributed by atoms with E-state index in [0.29, 0.717) is 12.1 Å².